The van der Waals surface area contributed by atoms with Gasteiger partial charge in [0.25, 0.3) is 0 Å². The minimum atomic E-state index is -0.0922. The number of benzene rings is 1. The van der Waals surface area contributed by atoms with Crippen molar-refractivity contribution in [3.63, 3.8) is 0 Å². The second-order valence-corrected chi connectivity index (χ2v) is 5.60. The van der Waals surface area contributed by atoms with E-state index >= 15 is 0 Å². The fraction of sp³-hybridized carbons (Fsp3) is 0.500. The highest BCUT2D eigenvalue weighted by molar-refractivity contribution is 6.30. The Bertz CT molecular complexity index is 450. The van der Waals surface area contributed by atoms with Crippen LogP contribution in [0.1, 0.15) is 19.8 Å². The van der Waals surface area contributed by atoms with Crippen molar-refractivity contribution in [3.8, 4) is 0 Å². The number of amides is 1. The van der Waals surface area contributed by atoms with Crippen molar-refractivity contribution < 1.29 is 4.79 Å². The molecule has 1 saturated heterocycles. The maximum Gasteiger partial charge on any atom is 0.221 e. The van der Waals surface area contributed by atoms with Crippen LogP contribution in [0.3, 0.4) is 0 Å². The average molecular weight is 282 g/mol. The number of halogens is 1. The normalized spacial score (nSPS) is 20.4. The second kappa shape index (κ2) is 6.26. The van der Waals surface area contributed by atoms with Crippen LogP contribution < -0.4 is 16.0 Å². The lowest BCUT2D eigenvalue weighted by molar-refractivity contribution is -0.121. The van der Waals surface area contributed by atoms with Crippen LogP contribution in [-0.4, -0.2) is 31.1 Å². The van der Waals surface area contributed by atoms with Gasteiger partial charge in [0.05, 0.1) is 0 Å². The minimum Gasteiger partial charge on any atom is -0.369 e. The third kappa shape index (κ3) is 4.11. The molecule has 1 fully saturated rings. The highest BCUT2D eigenvalue weighted by Crippen LogP contribution is 2.23. The van der Waals surface area contributed by atoms with Crippen LogP contribution in [-0.2, 0) is 4.79 Å². The van der Waals surface area contributed by atoms with Gasteiger partial charge in [0.15, 0.2) is 0 Å². The Hall–Kier alpha value is -1.26. The molecule has 1 aliphatic rings. The van der Waals surface area contributed by atoms with Gasteiger partial charge in [-0.2, -0.15) is 0 Å². The Kier molecular flexibility index (Phi) is 4.66. The van der Waals surface area contributed by atoms with E-state index in [-0.39, 0.29) is 18.0 Å². The summed E-state index contributed by atoms with van der Waals surface area (Å²) in [6.45, 7) is 3.60. The van der Waals surface area contributed by atoms with E-state index in [2.05, 4.69) is 10.2 Å². The summed E-state index contributed by atoms with van der Waals surface area (Å²) < 4.78 is 0. The van der Waals surface area contributed by atoms with Crippen LogP contribution in [0, 0.1) is 0 Å². The molecule has 0 radical (unpaired) electrons. The van der Waals surface area contributed by atoms with E-state index in [0.29, 0.717) is 6.42 Å². The maximum atomic E-state index is 11.7. The molecule has 5 heteroatoms. The minimum absolute atomic E-state index is 0.0351. The smallest absolute Gasteiger partial charge is 0.221 e. The quantitative estimate of drug-likeness (QED) is 0.884. The van der Waals surface area contributed by atoms with E-state index in [1.807, 2.05) is 31.2 Å². The lowest BCUT2D eigenvalue weighted by atomic mass is 10.2. The summed E-state index contributed by atoms with van der Waals surface area (Å²) in [5, 5.41) is 3.77. The van der Waals surface area contributed by atoms with E-state index in [9.17, 15) is 4.79 Å². The first-order valence-electron chi connectivity index (χ1n) is 6.60. The topological polar surface area (TPSA) is 58.4 Å². The number of anilines is 1. The van der Waals surface area contributed by atoms with Crippen LogP contribution in [0.25, 0.3) is 0 Å². The van der Waals surface area contributed by atoms with Crippen LogP contribution in [0.4, 0.5) is 5.69 Å². The van der Waals surface area contributed by atoms with Gasteiger partial charge in [-0.05, 0) is 31.5 Å². The summed E-state index contributed by atoms with van der Waals surface area (Å²) in [6.07, 6.45) is 1.34. The lowest BCUT2D eigenvalue weighted by Gasteiger charge is -2.19. The van der Waals surface area contributed by atoms with Crippen molar-refractivity contribution in [2.75, 3.05) is 18.0 Å². The SMILES string of the molecule is CC(N)CC(=O)NC1CCN(c2cccc(Cl)c2)C1. The molecule has 1 aromatic carbocycles. The molecule has 1 heterocycles. The fourth-order valence-electron chi connectivity index (χ4n) is 2.36. The van der Waals surface area contributed by atoms with Gasteiger partial charge < -0.3 is 16.0 Å². The van der Waals surface area contributed by atoms with Gasteiger partial charge in [-0.1, -0.05) is 17.7 Å². The summed E-state index contributed by atoms with van der Waals surface area (Å²) in [6, 6.07) is 7.91. The number of nitrogens with one attached hydrogen (secondary N) is 1. The van der Waals surface area contributed by atoms with Crippen molar-refractivity contribution >= 4 is 23.2 Å². The summed E-state index contributed by atoms with van der Waals surface area (Å²) in [5.74, 6) is 0.0351. The van der Waals surface area contributed by atoms with Gasteiger partial charge in [-0.15, -0.1) is 0 Å². The molecule has 0 aromatic heterocycles. The molecule has 2 rings (SSSR count). The van der Waals surface area contributed by atoms with Gasteiger partial charge in [-0.3, -0.25) is 4.79 Å². The summed E-state index contributed by atoms with van der Waals surface area (Å²) in [7, 11) is 0. The van der Waals surface area contributed by atoms with Crippen LogP contribution >= 0.6 is 11.6 Å². The molecule has 4 nitrogen and oxygen atoms in total. The first kappa shape index (κ1) is 14.2. The van der Waals surface area contributed by atoms with Crippen LogP contribution in [0.5, 0.6) is 0 Å². The number of carbonyl (C=O) groups excluding carboxylic acids is 1. The average Bonchev–Trinajstić information content (AvgIpc) is 2.76. The predicted molar refractivity (Wildman–Crippen MR) is 78.5 cm³/mol. The monoisotopic (exact) mass is 281 g/mol. The molecular formula is C14H20ClN3O. The Morgan fingerprint density at radius 1 is 1.63 bits per heavy atom. The van der Waals surface area contributed by atoms with Gasteiger partial charge in [0.1, 0.15) is 0 Å². The third-order valence-corrected chi connectivity index (χ3v) is 3.47. The molecule has 104 valence electrons. The number of rotatable bonds is 4. The number of nitrogens with two attached hydrogens (primary N) is 1. The molecule has 2 unspecified atom stereocenters. The van der Waals surface area contributed by atoms with Gasteiger partial charge >= 0.3 is 0 Å². The summed E-state index contributed by atoms with van der Waals surface area (Å²) in [4.78, 5) is 13.9. The summed E-state index contributed by atoms with van der Waals surface area (Å²) >= 11 is 5.99. The molecule has 0 bridgehead atoms. The molecule has 0 spiro atoms. The molecule has 1 amide bonds. The zero-order valence-electron chi connectivity index (χ0n) is 11.1. The molecule has 1 aromatic rings. The molecular weight excluding hydrogens is 262 g/mol. The highest BCUT2D eigenvalue weighted by Gasteiger charge is 2.24. The largest absolute Gasteiger partial charge is 0.369 e. The molecule has 3 N–H and O–H groups in total. The van der Waals surface area contributed by atoms with E-state index in [4.69, 9.17) is 17.3 Å². The van der Waals surface area contributed by atoms with Crippen LogP contribution in [0.2, 0.25) is 5.02 Å². The van der Waals surface area contributed by atoms with Crippen molar-refractivity contribution in [2.24, 2.45) is 5.73 Å². The van der Waals surface area contributed by atoms with E-state index in [0.717, 1.165) is 30.2 Å². The number of hydrogen-bond donors (Lipinski definition) is 2. The van der Waals surface area contributed by atoms with Gasteiger partial charge in [0, 0.05) is 42.3 Å². The Morgan fingerprint density at radius 3 is 3.11 bits per heavy atom. The van der Waals surface area contributed by atoms with E-state index in [1.165, 1.54) is 0 Å². The molecule has 0 aliphatic carbocycles. The molecule has 19 heavy (non-hydrogen) atoms. The Balaban J connectivity index is 1.88. The number of carbonyl (C=O) groups is 1. The molecule has 2 atom stereocenters. The third-order valence-electron chi connectivity index (χ3n) is 3.23. The molecule has 0 saturated carbocycles. The maximum absolute atomic E-state index is 11.7. The zero-order valence-corrected chi connectivity index (χ0v) is 11.9. The Labute approximate surface area is 118 Å². The predicted octanol–water partition coefficient (Wildman–Crippen LogP) is 1.77. The lowest BCUT2D eigenvalue weighted by Crippen LogP contribution is -2.39. The van der Waals surface area contributed by atoms with Crippen molar-refractivity contribution in [3.05, 3.63) is 29.3 Å². The number of nitrogens with zero attached hydrogens (tertiary/aromatic N) is 1. The highest BCUT2D eigenvalue weighted by atomic mass is 35.5. The summed E-state index contributed by atoms with van der Waals surface area (Å²) in [5.41, 5.74) is 6.72. The van der Waals surface area contributed by atoms with Gasteiger partial charge in [0.2, 0.25) is 5.91 Å². The first-order chi connectivity index (χ1) is 9.04. The van der Waals surface area contributed by atoms with Gasteiger partial charge in [-0.25, -0.2) is 0 Å². The second-order valence-electron chi connectivity index (χ2n) is 5.16. The standard InChI is InChI=1S/C14H20ClN3O/c1-10(16)7-14(19)17-12-5-6-18(9-12)13-4-2-3-11(15)8-13/h2-4,8,10,12H,5-7,9,16H2,1H3,(H,17,19). The Morgan fingerprint density at radius 2 is 2.42 bits per heavy atom. The van der Waals surface area contributed by atoms with E-state index < -0.39 is 0 Å². The number of hydrogen-bond acceptors (Lipinski definition) is 3. The van der Waals surface area contributed by atoms with Crippen molar-refractivity contribution in [1.82, 2.24) is 5.32 Å². The zero-order chi connectivity index (χ0) is 13.8. The van der Waals surface area contributed by atoms with E-state index in [1.54, 1.807) is 0 Å². The fourth-order valence-corrected chi connectivity index (χ4v) is 2.55. The van der Waals surface area contributed by atoms with Crippen molar-refractivity contribution in [2.45, 2.75) is 31.8 Å². The first-order valence-corrected chi connectivity index (χ1v) is 6.98. The van der Waals surface area contributed by atoms with Crippen LogP contribution in [0.15, 0.2) is 24.3 Å². The molecule has 1 aliphatic heterocycles. The van der Waals surface area contributed by atoms with Crippen molar-refractivity contribution in [1.29, 1.82) is 0 Å².